The molecule has 0 bridgehead atoms. The molecule has 132 valence electrons. The summed E-state index contributed by atoms with van der Waals surface area (Å²) in [7, 11) is 2.01. The van der Waals surface area contributed by atoms with E-state index in [9.17, 15) is 4.79 Å². The lowest BCUT2D eigenvalue weighted by Gasteiger charge is -2.16. The van der Waals surface area contributed by atoms with Gasteiger partial charge in [-0.3, -0.25) is 9.69 Å². The number of aromatic amines is 1. The zero-order valence-corrected chi connectivity index (χ0v) is 15.5. The van der Waals surface area contributed by atoms with Gasteiger partial charge in [0.05, 0.1) is 6.54 Å². The van der Waals surface area contributed by atoms with Gasteiger partial charge in [0.2, 0.25) is 5.58 Å². The second-order valence-corrected chi connectivity index (χ2v) is 7.19. The van der Waals surface area contributed by atoms with E-state index in [4.69, 9.17) is 4.42 Å². The highest BCUT2D eigenvalue weighted by atomic mass is 32.2. The highest BCUT2D eigenvalue weighted by Crippen LogP contribution is 2.24. The second-order valence-electron chi connectivity index (χ2n) is 6.31. The number of thioether (sulfide) groups is 1. The van der Waals surface area contributed by atoms with Gasteiger partial charge in [-0.15, -0.1) is 11.8 Å². The first-order valence-corrected chi connectivity index (χ1v) is 9.58. The van der Waals surface area contributed by atoms with E-state index in [1.807, 2.05) is 31.3 Å². The molecular formula is C20H19N3O2S. The minimum absolute atomic E-state index is 0.237. The molecule has 0 saturated heterocycles. The van der Waals surface area contributed by atoms with E-state index in [0.29, 0.717) is 23.5 Å². The Hall–Kier alpha value is -2.57. The van der Waals surface area contributed by atoms with Crippen molar-refractivity contribution in [3.05, 3.63) is 70.3 Å². The molecule has 2 aromatic heterocycles. The van der Waals surface area contributed by atoms with Gasteiger partial charge in [-0.05, 0) is 43.1 Å². The molecule has 0 saturated carbocycles. The molecule has 26 heavy (non-hydrogen) atoms. The summed E-state index contributed by atoms with van der Waals surface area (Å²) >= 11 is 1.73. The van der Waals surface area contributed by atoms with Crippen LogP contribution in [-0.4, -0.2) is 28.2 Å². The topological polar surface area (TPSA) is 62.1 Å². The van der Waals surface area contributed by atoms with Gasteiger partial charge in [0, 0.05) is 16.8 Å². The molecular weight excluding hydrogens is 346 g/mol. The third-order valence-corrected chi connectivity index (χ3v) is 5.05. The SMILES string of the molecule is CSc1ccc(CN(C)Cc2nc3c(oc4ccccc43)c(=O)[nH]2)cc1. The van der Waals surface area contributed by atoms with Crippen LogP contribution in [0.2, 0.25) is 0 Å². The van der Waals surface area contributed by atoms with Crippen LogP contribution in [0.25, 0.3) is 22.1 Å². The summed E-state index contributed by atoms with van der Waals surface area (Å²) in [6.45, 7) is 1.33. The van der Waals surface area contributed by atoms with Gasteiger partial charge in [0.1, 0.15) is 16.9 Å². The van der Waals surface area contributed by atoms with Crippen LogP contribution < -0.4 is 5.56 Å². The number of fused-ring (bicyclic) bond motifs is 3. The molecule has 0 aliphatic carbocycles. The van der Waals surface area contributed by atoms with E-state index in [1.165, 1.54) is 10.5 Å². The molecule has 0 unspecified atom stereocenters. The smallest absolute Gasteiger partial charge is 0.294 e. The van der Waals surface area contributed by atoms with Crippen molar-refractivity contribution in [1.29, 1.82) is 0 Å². The Morgan fingerprint density at radius 2 is 1.88 bits per heavy atom. The zero-order valence-electron chi connectivity index (χ0n) is 14.7. The van der Waals surface area contributed by atoms with Crippen molar-refractivity contribution in [1.82, 2.24) is 14.9 Å². The normalized spacial score (nSPS) is 11.7. The monoisotopic (exact) mass is 365 g/mol. The van der Waals surface area contributed by atoms with Crippen molar-refractivity contribution in [3.8, 4) is 0 Å². The molecule has 0 aliphatic rings. The zero-order chi connectivity index (χ0) is 18.1. The van der Waals surface area contributed by atoms with Gasteiger partial charge < -0.3 is 9.40 Å². The Bertz CT molecular complexity index is 1120. The van der Waals surface area contributed by atoms with Crippen LogP contribution in [0, 0.1) is 0 Å². The Labute approximate surface area is 155 Å². The number of hydrogen-bond acceptors (Lipinski definition) is 5. The molecule has 2 heterocycles. The van der Waals surface area contributed by atoms with Crippen LogP contribution in [0.3, 0.4) is 0 Å². The number of hydrogen-bond donors (Lipinski definition) is 1. The minimum Gasteiger partial charge on any atom is -0.449 e. The average molecular weight is 365 g/mol. The van der Waals surface area contributed by atoms with Crippen LogP contribution in [0.15, 0.2) is 62.6 Å². The highest BCUT2D eigenvalue weighted by Gasteiger charge is 2.13. The van der Waals surface area contributed by atoms with Gasteiger partial charge >= 0.3 is 0 Å². The average Bonchev–Trinajstić information content (AvgIpc) is 3.02. The maximum Gasteiger partial charge on any atom is 0.294 e. The predicted molar refractivity (Wildman–Crippen MR) is 106 cm³/mol. The van der Waals surface area contributed by atoms with E-state index < -0.39 is 0 Å². The molecule has 4 rings (SSSR count). The molecule has 2 aromatic carbocycles. The standard InChI is InChI=1S/C20H19N3O2S/c1-23(11-13-7-9-14(26-2)10-8-13)12-17-21-18-15-5-3-4-6-16(15)25-19(18)20(24)22-17/h3-10H,11-12H2,1-2H3,(H,21,22,24). The summed E-state index contributed by atoms with van der Waals surface area (Å²) in [6, 6.07) is 16.1. The Morgan fingerprint density at radius 3 is 2.65 bits per heavy atom. The van der Waals surface area contributed by atoms with Crippen LogP contribution in [0.5, 0.6) is 0 Å². The number of benzene rings is 2. The maximum atomic E-state index is 12.4. The summed E-state index contributed by atoms with van der Waals surface area (Å²) in [5.41, 5.74) is 2.57. The number of furan rings is 1. The first kappa shape index (κ1) is 16.9. The van der Waals surface area contributed by atoms with Crippen molar-refractivity contribution in [2.45, 2.75) is 18.0 Å². The summed E-state index contributed by atoms with van der Waals surface area (Å²) in [5, 5.41) is 0.866. The lowest BCUT2D eigenvalue weighted by Crippen LogP contribution is -2.21. The molecule has 0 amide bonds. The number of para-hydroxylation sites is 1. The largest absolute Gasteiger partial charge is 0.449 e. The van der Waals surface area contributed by atoms with Crippen molar-refractivity contribution in [3.63, 3.8) is 0 Å². The van der Waals surface area contributed by atoms with E-state index >= 15 is 0 Å². The third-order valence-electron chi connectivity index (χ3n) is 4.31. The van der Waals surface area contributed by atoms with Gasteiger partial charge in [-0.1, -0.05) is 24.3 Å². The molecule has 5 nitrogen and oxygen atoms in total. The van der Waals surface area contributed by atoms with Crippen molar-refractivity contribution < 1.29 is 4.42 Å². The molecule has 6 heteroatoms. The van der Waals surface area contributed by atoms with Gasteiger partial charge in [0.25, 0.3) is 5.56 Å². The summed E-state index contributed by atoms with van der Waals surface area (Å²) < 4.78 is 5.64. The van der Waals surface area contributed by atoms with E-state index in [1.54, 1.807) is 11.8 Å². The Kier molecular flexibility index (Phi) is 4.53. The summed E-state index contributed by atoms with van der Waals surface area (Å²) in [5.74, 6) is 0.636. The molecule has 0 spiro atoms. The van der Waals surface area contributed by atoms with Crippen LogP contribution in [-0.2, 0) is 13.1 Å². The number of nitrogens with one attached hydrogen (secondary N) is 1. The molecule has 4 aromatic rings. The third kappa shape index (κ3) is 3.25. The van der Waals surface area contributed by atoms with Crippen LogP contribution in [0.4, 0.5) is 0 Å². The second kappa shape index (κ2) is 6.97. The van der Waals surface area contributed by atoms with E-state index in [2.05, 4.69) is 45.4 Å². The predicted octanol–water partition coefficient (Wildman–Crippen LogP) is 4.02. The maximum absolute atomic E-state index is 12.4. The Morgan fingerprint density at radius 1 is 1.12 bits per heavy atom. The van der Waals surface area contributed by atoms with Crippen molar-refractivity contribution >= 4 is 33.8 Å². The number of rotatable bonds is 5. The lowest BCUT2D eigenvalue weighted by atomic mass is 10.2. The number of H-pyrrole nitrogens is 1. The first-order valence-electron chi connectivity index (χ1n) is 8.36. The minimum atomic E-state index is -0.237. The van der Waals surface area contributed by atoms with Gasteiger partial charge in [-0.2, -0.15) is 0 Å². The molecule has 0 atom stereocenters. The fraction of sp³-hybridized carbons (Fsp3) is 0.200. The number of nitrogens with zero attached hydrogens (tertiary/aromatic N) is 2. The summed E-state index contributed by atoms with van der Waals surface area (Å²) in [6.07, 6.45) is 2.07. The molecule has 1 N–H and O–H groups in total. The molecule has 0 aliphatic heterocycles. The molecule has 0 fully saturated rings. The number of aromatic nitrogens is 2. The van der Waals surface area contributed by atoms with Crippen LogP contribution in [0.1, 0.15) is 11.4 Å². The van der Waals surface area contributed by atoms with E-state index in [-0.39, 0.29) is 11.1 Å². The summed E-state index contributed by atoms with van der Waals surface area (Å²) in [4.78, 5) is 23.2. The van der Waals surface area contributed by atoms with Gasteiger partial charge in [0.15, 0.2) is 0 Å². The van der Waals surface area contributed by atoms with Gasteiger partial charge in [-0.25, -0.2) is 4.98 Å². The lowest BCUT2D eigenvalue weighted by molar-refractivity contribution is 0.310. The highest BCUT2D eigenvalue weighted by molar-refractivity contribution is 7.98. The first-order chi connectivity index (χ1) is 12.6. The van der Waals surface area contributed by atoms with E-state index in [0.717, 1.165) is 11.9 Å². The quantitative estimate of drug-likeness (QED) is 0.541. The van der Waals surface area contributed by atoms with Crippen LogP contribution >= 0.6 is 11.8 Å². The fourth-order valence-electron chi connectivity index (χ4n) is 3.08. The molecule has 0 radical (unpaired) electrons. The fourth-order valence-corrected chi connectivity index (χ4v) is 3.48. The Balaban J connectivity index is 1.59. The van der Waals surface area contributed by atoms with Crippen molar-refractivity contribution in [2.24, 2.45) is 0 Å². The van der Waals surface area contributed by atoms with Crippen molar-refractivity contribution in [2.75, 3.05) is 13.3 Å².